The number of hydrogen-bond acceptors (Lipinski definition) is 3. The minimum atomic E-state index is -0.792. The lowest BCUT2D eigenvalue weighted by Gasteiger charge is -2.39. The Morgan fingerprint density at radius 3 is 2.61 bits per heavy atom. The van der Waals surface area contributed by atoms with Crippen molar-refractivity contribution in [2.45, 2.75) is 63.8 Å². The maximum Gasteiger partial charge on any atom is 0.250 e. The van der Waals surface area contributed by atoms with Crippen LogP contribution in [-0.4, -0.2) is 24.5 Å². The number of nitrogens with zero attached hydrogens (tertiary/aromatic N) is 1. The molecule has 5 heteroatoms. The minimum absolute atomic E-state index is 0.0343. The Hall–Kier alpha value is -2.56. The molecule has 3 aliphatic rings. The van der Waals surface area contributed by atoms with E-state index >= 15 is 0 Å². The number of hydrogen-bond donors (Lipinski definition) is 2. The molecular formula is C26H32FN3O. The topological polar surface area (TPSA) is 44.4 Å². The largest absolute Gasteiger partial charge is 0.371 e. The van der Waals surface area contributed by atoms with Crippen molar-refractivity contribution in [2.75, 3.05) is 28.6 Å². The predicted molar refractivity (Wildman–Crippen MR) is 124 cm³/mol. The molecule has 2 aromatic carbocycles. The summed E-state index contributed by atoms with van der Waals surface area (Å²) >= 11 is 0. The number of aryl methyl sites for hydroxylation is 1. The molecule has 2 fully saturated rings. The first-order valence-corrected chi connectivity index (χ1v) is 11.8. The Labute approximate surface area is 184 Å². The normalized spacial score (nSPS) is 23.5. The van der Waals surface area contributed by atoms with Crippen LogP contribution in [0, 0.1) is 18.7 Å². The molecule has 0 aromatic heterocycles. The fourth-order valence-corrected chi connectivity index (χ4v) is 5.79. The first-order chi connectivity index (χ1) is 15.1. The van der Waals surface area contributed by atoms with Crippen molar-refractivity contribution >= 4 is 23.0 Å². The van der Waals surface area contributed by atoms with E-state index in [2.05, 4.69) is 27.7 Å². The molecule has 164 valence electrons. The molecule has 0 radical (unpaired) electrons. The van der Waals surface area contributed by atoms with E-state index in [0.29, 0.717) is 12.0 Å². The second-order valence-corrected chi connectivity index (χ2v) is 9.52. The monoisotopic (exact) mass is 421 g/mol. The number of carbonyl (C=O) groups is 1. The number of fused-ring (bicyclic) bond motifs is 1. The summed E-state index contributed by atoms with van der Waals surface area (Å²) in [7, 11) is 0. The third-order valence-corrected chi connectivity index (χ3v) is 7.55. The zero-order valence-corrected chi connectivity index (χ0v) is 18.3. The summed E-state index contributed by atoms with van der Waals surface area (Å²) < 4.78 is 14.7. The van der Waals surface area contributed by atoms with Crippen LogP contribution < -0.4 is 15.5 Å². The molecule has 2 aliphatic heterocycles. The van der Waals surface area contributed by atoms with Gasteiger partial charge in [-0.25, -0.2) is 4.39 Å². The van der Waals surface area contributed by atoms with Gasteiger partial charge in [-0.1, -0.05) is 31.4 Å². The fourth-order valence-electron chi connectivity index (χ4n) is 5.79. The summed E-state index contributed by atoms with van der Waals surface area (Å²) in [5.41, 5.74) is 3.65. The van der Waals surface area contributed by atoms with Crippen LogP contribution in [0.4, 0.5) is 21.5 Å². The first-order valence-electron chi connectivity index (χ1n) is 11.8. The Balaban J connectivity index is 1.45. The number of anilines is 3. The molecule has 0 spiro atoms. The average molecular weight is 422 g/mol. The van der Waals surface area contributed by atoms with Crippen molar-refractivity contribution in [3.8, 4) is 0 Å². The summed E-state index contributed by atoms with van der Waals surface area (Å²) in [5.74, 6) is -0.0446. The van der Waals surface area contributed by atoms with Gasteiger partial charge >= 0.3 is 0 Å². The van der Waals surface area contributed by atoms with E-state index in [1.807, 2.05) is 19.1 Å². The summed E-state index contributed by atoms with van der Waals surface area (Å²) in [6, 6.07) is 11.5. The smallest absolute Gasteiger partial charge is 0.250 e. The molecular weight excluding hydrogens is 389 g/mol. The van der Waals surface area contributed by atoms with E-state index in [1.165, 1.54) is 25.3 Å². The van der Waals surface area contributed by atoms with Gasteiger partial charge in [0, 0.05) is 42.1 Å². The van der Waals surface area contributed by atoms with Crippen molar-refractivity contribution in [1.29, 1.82) is 0 Å². The molecule has 5 rings (SSSR count). The number of halogens is 1. The van der Waals surface area contributed by atoms with Gasteiger partial charge in [-0.3, -0.25) is 4.79 Å². The van der Waals surface area contributed by atoms with Gasteiger partial charge < -0.3 is 15.5 Å². The Kier molecular flexibility index (Phi) is 5.37. The lowest BCUT2D eigenvalue weighted by atomic mass is 9.72. The molecule has 4 nitrogen and oxygen atoms in total. The molecule has 1 saturated carbocycles. The van der Waals surface area contributed by atoms with Crippen LogP contribution in [0.3, 0.4) is 0 Å². The van der Waals surface area contributed by atoms with E-state index in [4.69, 9.17) is 0 Å². The Morgan fingerprint density at radius 2 is 1.87 bits per heavy atom. The van der Waals surface area contributed by atoms with Crippen LogP contribution in [0.5, 0.6) is 0 Å². The van der Waals surface area contributed by atoms with Gasteiger partial charge in [-0.2, -0.15) is 0 Å². The highest BCUT2D eigenvalue weighted by Crippen LogP contribution is 2.45. The SMILES string of the molecule is Cc1ccc(F)c2c1NC(C(=O)Nc1cccc(N3CCCC3)c1)(C1CCCCC1)C2. The Bertz CT molecular complexity index is 946. The van der Waals surface area contributed by atoms with Gasteiger partial charge in [0.05, 0.1) is 0 Å². The van der Waals surface area contributed by atoms with Crippen molar-refractivity contribution in [3.63, 3.8) is 0 Å². The summed E-state index contributed by atoms with van der Waals surface area (Å²) in [4.78, 5) is 16.2. The third kappa shape index (κ3) is 3.68. The maximum absolute atomic E-state index is 14.7. The molecule has 0 bridgehead atoms. The van der Waals surface area contributed by atoms with Crippen LogP contribution in [-0.2, 0) is 11.2 Å². The highest BCUT2D eigenvalue weighted by atomic mass is 19.1. The lowest BCUT2D eigenvalue weighted by molar-refractivity contribution is -0.122. The van der Waals surface area contributed by atoms with Crippen molar-refractivity contribution < 1.29 is 9.18 Å². The van der Waals surface area contributed by atoms with Gasteiger partial charge in [-0.05, 0) is 68.4 Å². The number of benzene rings is 2. The molecule has 1 atom stereocenters. The van der Waals surface area contributed by atoms with Crippen molar-refractivity contribution in [3.05, 3.63) is 53.3 Å². The molecule has 1 unspecified atom stereocenters. The van der Waals surface area contributed by atoms with E-state index in [1.54, 1.807) is 6.07 Å². The predicted octanol–water partition coefficient (Wildman–Crippen LogP) is 5.66. The van der Waals surface area contributed by atoms with E-state index in [0.717, 1.165) is 61.4 Å². The first kappa shape index (κ1) is 20.3. The molecule has 1 saturated heterocycles. The van der Waals surface area contributed by atoms with Gasteiger partial charge in [-0.15, -0.1) is 0 Å². The second-order valence-electron chi connectivity index (χ2n) is 9.52. The van der Waals surface area contributed by atoms with Crippen LogP contribution >= 0.6 is 0 Å². The quantitative estimate of drug-likeness (QED) is 0.669. The molecule has 1 aliphatic carbocycles. The second kappa shape index (κ2) is 8.18. The standard InChI is InChI=1S/C26H32FN3O/c1-18-12-13-23(27)22-17-26(29-24(18)22,19-8-3-2-4-9-19)25(31)28-20-10-7-11-21(16-20)30-14-5-6-15-30/h7,10-13,16,19,29H,2-6,8-9,14-15,17H2,1H3,(H,28,31). The van der Waals surface area contributed by atoms with E-state index in [-0.39, 0.29) is 17.6 Å². The highest BCUT2D eigenvalue weighted by Gasteiger charge is 2.50. The number of carbonyl (C=O) groups excluding carboxylic acids is 1. The summed E-state index contributed by atoms with van der Waals surface area (Å²) in [6.45, 7) is 4.12. The van der Waals surface area contributed by atoms with Gasteiger partial charge in [0.1, 0.15) is 11.4 Å². The minimum Gasteiger partial charge on any atom is -0.371 e. The molecule has 1 amide bonds. The molecule has 31 heavy (non-hydrogen) atoms. The fraction of sp³-hybridized carbons (Fsp3) is 0.500. The highest BCUT2D eigenvalue weighted by molar-refractivity contribution is 6.02. The number of amides is 1. The van der Waals surface area contributed by atoms with Crippen molar-refractivity contribution in [1.82, 2.24) is 0 Å². The van der Waals surface area contributed by atoms with Crippen molar-refractivity contribution in [2.24, 2.45) is 5.92 Å². The average Bonchev–Trinajstić information content (AvgIpc) is 3.47. The summed E-state index contributed by atoms with van der Waals surface area (Å²) in [6.07, 6.45) is 8.33. The third-order valence-electron chi connectivity index (χ3n) is 7.55. The molecule has 2 N–H and O–H groups in total. The van der Waals surface area contributed by atoms with Crippen LogP contribution in [0.2, 0.25) is 0 Å². The molecule has 2 aromatic rings. The maximum atomic E-state index is 14.7. The van der Waals surface area contributed by atoms with Crippen LogP contribution in [0.15, 0.2) is 36.4 Å². The molecule has 2 heterocycles. The number of rotatable bonds is 4. The zero-order valence-electron chi connectivity index (χ0n) is 18.3. The van der Waals surface area contributed by atoms with Gasteiger partial charge in [0.25, 0.3) is 5.91 Å². The Morgan fingerprint density at radius 1 is 1.10 bits per heavy atom. The van der Waals surface area contributed by atoms with Gasteiger partial charge in [0.2, 0.25) is 0 Å². The van der Waals surface area contributed by atoms with Gasteiger partial charge in [0.15, 0.2) is 0 Å². The zero-order chi connectivity index (χ0) is 21.4. The van der Waals surface area contributed by atoms with Crippen LogP contribution in [0.1, 0.15) is 56.1 Å². The van der Waals surface area contributed by atoms with E-state index < -0.39 is 5.54 Å². The van der Waals surface area contributed by atoms with E-state index in [9.17, 15) is 9.18 Å². The lowest BCUT2D eigenvalue weighted by Crippen LogP contribution is -2.55. The van der Waals surface area contributed by atoms with Crippen LogP contribution in [0.25, 0.3) is 0 Å². The summed E-state index contributed by atoms with van der Waals surface area (Å²) in [5, 5.41) is 6.76. The number of nitrogens with one attached hydrogen (secondary N) is 2.